The van der Waals surface area contributed by atoms with E-state index in [2.05, 4.69) is 27.4 Å². The van der Waals surface area contributed by atoms with Crippen LogP contribution in [-0.4, -0.2) is 84.8 Å². The molecule has 0 aliphatic carbocycles. The number of urea groups is 1. The molecule has 10 nitrogen and oxygen atoms in total. The number of nitrogens with zero attached hydrogens (tertiary/aromatic N) is 5. The van der Waals surface area contributed by atoms with Crippen LogP contribution in [0.15, 0.2) is 48.7 Å². The van der Waals surface area contributed by atoms with Gasteiger partial charge in [0.05, 0.1) is 29.2 Å². The predicted molar refractivity (Wildman–Crippen MR) is 163 cm³/mol. The third-order valence-electron chi connectivity index (χ3n) is 8.52. The molecule has 11 heteroatoms. The van der Waals surface area contributed by atoms with Gasteiger partial charge >= 0.3 is 6.03 Å². The fourth-order valence-electron chi connectivity index (χ4n) is 6.34. The Balaban J connectivity index is 1.29. The van der Waals surface area contributed by atoms with E-state index in [1.54, 1.807) is 17.2 Å². The number of anilines is 2. The van der Waals surface area contributed by atoms with Gasteiger partial charge < -0.3 is 25.2 Å². The maximum atomic E-state index is 14.7. The minimum Gasteiger partial charge on any atom is -0.477 e. The number of pyridine rings is 2. The van der Waals surface area contributed by atoms with Crippen molar-refractivity contribution in [3.05, 3.63) is 65.7 Å². The van der Waals surface area contributed by atoms with E-state index in [4.69, 9.17) is 9.72 Å². The monoisotopic (exact) mass is 587 g/mol. The number of halogens is 1. The molecule has 43 heavy (non-hydrogen) atoms. The molecule has 1 aromatic carbocycles. The van der Waals surface area contributed by atoms with Crippen LogP contribution in [0.25, 0.3) is 11.3 Å². The van der Waals surface area contributed by atoms with Crippen molar-refractivity contribution in [2.24, 2.45) is 0 Å². The lowest BCUT2D eigenvalue weighted by atomic mass is 10.1. The van der Waals surface area contributed by atoms with E-state index in [9.17, 15) is 14.0 Å². The molecule has 5 heterocycles. The first-order valence-corrected chi connectivity index (χ1v) is 15.2. The van der Waals surface area contributed by atoms with E-state index in [1.165, 1.54) is 6.07 Å². The quantitative estimate of drug-likeness (QED) is 0.433. The molecule has 3 aliphatic heterocycles. The van der Waals surface area contributed by atoms with Gasteiger partial charge in [-0.25, -0.2) is 19.2 Å². The van der Waals surface area contributed by atoms with Crippen molar-refractivity contribution in [1.29, 1.82) is 0 Å². The molecule has 2 atom stereocenters. The second-order valence-corrected chi connectivity index (χ2v) is 11.1. The summed E-state index contributed by atoms with van der Waals surface area (Å²) in [5.41, 5.74) is 3.64. The molecular formula is C32H38FN7O3. The maximum absolute atomic E-state index is 14.7. The van der Waals surface area contributed by atoms with Crippen molar-refractivity contribution in [3.63, 3.8) is 0 Å². The maximum Gasteiger partial charge on any atom is 0.324 e. The molecule has 226 valence electrons. The standard InChI is InChI=1S/C32H38FN7O3/c1-3-23-20-38(32(42)40-16-13-21-7-5-9-25(33)29(21)40)17-18-39(23)27-11-10-26(24-8-6-14-35-31(24)43-4-2)37-28(27)30(41)36-22-12-15-34-19-22/h5-11,14,22-23,34H,3-4,12-13,15-20H2,1-2H3,(H,36,41)/t22-,23-/m1/s1. The summed E-state index contributed by atoms with van der Waals surface area (Å²) in [4.78, 5) is 42.2. The zero-order chi connectivity index (χ0) is 29.9. The van der Waals surface area contributed by atoms with Crippen molar-refractivity contribution < 1.29 is 18.7 Å². The lowest BCUT2D eigenvalue weighted by Crippen LogP contribution is -2.57. The van der Waals surface area contributed by atoms with Crippen LogP contribution < -0.4 is 25.2 Å². The second kappa shape index (κ2) is 12.5. The Bertz CT molecular complexity index is 1500. The van der Waals surface area contributed by atoms with Crippen molar-refractivity contribution in [3.8, 4) is 17.1 Å². The van der Waals surface area contributed by atoms with Crippen LogP contribution in [-0.2, 0) is 6.42 Å². The average molecular weight is 588 g/mol. The summed E-state index contributed by atoms with van der Waals surface area (Å²) in [6, 6.07) is 12.3. The number of ether oxygens (including phenoxy) is 1. The minimum absolute atomic E-state index is 0.0309. The highest BCUT2D eigenvalue weighted by Crippen LogP contribution is 2.34. The van der Waals surface area contributed by atoms with Gasteiger partial charge in [0.2, 0.25) is 5.88 Å². The molecule has 6 rings (SSSR count). The van der Waals surface area contributed by atoms with Gasteiger partial charge in [0, 0.05) is 51.0 Å². The second-order valence-electron chi connectivity index (χ2n) is 11.1. The van der Waals surface area contributed by atoms with Gasteiger partial charge in [0.25, 0.3) is 5.91 Å². The molecule has 0 radical (unpaired) electrons. The smallest absolute Gasteiger partial charge is 0.324 e. The summed E-state index contributed by atoms with van der Waals surface area (Å²) < 4.78 is 20.5. The first-order valence-electron chi connectivity index (χ1n) is 15.2. The summed E-state index contributed by atoms with van der Waals surface area (Å²) in [5.74, 6) is -0.130. The Hall–Kier alpha value is -4.25. The molecule has 0 spiro atoms. The van der Waals surface area contributed by atoms with E-state index in [-0.39, 0.29) is 29.8 Å². The van der Waals surface area contributed by atoms with E-state index < -0.39 is 0 Å². The highest BCUT2D eigenvalue weighted by atomic mass is 19.1. The highest BCUT2D eigenvalue weighted by molar-refractivity contribution is 5.99. The van der Waals surface area contributed by atoms with Gasteiger partial charge in [-0.15, -0.1) is 0 Å². The predicted octanol–water partition coefficient (Wildman–Crippen LogP) is 3.86. The highest BCUT2D eigenvalue weighted by Gasteiger charge is 2.36. The normalized spacial score (nSPS) is 19.8. The number of hydrogen-bond donors (Lipinski definition) is 2. The van der Waals surface area contributed by atoms with Crippen LogP contribution in [0.2, 0.25) is 0 Å². The molecule has 2 fully saturated rings. The number of para-hydroxylation sites is 1. The number of aromatic nitrogens is 2. The minimum atomic E-state index is -0.366. The third kappa shape index (κ3) is 5.73. The largest absolute Gasteiger partial charge is 0.477 e. The molecule has 3 aliphatic rings. The van der Waals surface area contributed by atoms with Crippen LogP contribution in [0.1, 0.15) is 42.7 Å². The van der Waals surface area contributed by atoms with Gasteiger partial charge in [0.1, 0.15) is 5.82 Å². The van der Waals surface area contributed by atoms with E-state index in [0.29, 0.717) is 67.7 Å². The fourth-order valence-corrected chi connectivity index (χ4v) is 6.34. The summed E-state index contributed by atoms with van der Waals surface area (Å²) in [5, 5.41) is 6.46. The van der Waals surface area contributed by atoms with Crippen molar-refractivity contribution in [2.45, 2.75) is 45.2 Å². The Kier molecular flexibility index (Phi) is 8.42. The van der Waals surface area contributed by atoms with Crippen LogP contribution in [0.4, 0.5) is 20.6 Å². The van der Waals surface area contributed by atoms with Crippen molar-refractivity contribution in [2.75, 3.05) is 55.7 Å². The molecule has 0 saturated carbocycles. The first-order chi connectivity index (χ1) is 21.0. The number of benzene rings is 1. The number of carbonyl (C=O) groups excluding carboxylic acids is 2. The lowest BCUT2D eigenvalue weighted by molar-refractivity contribution is 0.0935. The van der Waals surface area contributed by atoms with Gasteiger partial charge in [-0.1, -0.05) is 19.1 Å². The number of rotatable bonds is 7. The van der Waals surface area contributed by atoms with Crippen LogP contribution in [0, 0.1) is 5.82 Å². The van der Waals surface area contributed by atoms with Crippen LogP contribution in [0.5, 0.6) is 5.88 Å². The molecule has 2 aromatic heterocycles. The molecule has 0 bridgehead atoms. The molecule has 2 saturated heterocycles. The number of carbonyl (C=O) groups is 2. The van der Waals surface area contributed by atoms with Gasteiger partial charge in [0.15, 0.2) is 5.69 Å². The molecule has 3 aromatic rings. The molecule has 2 N–H and O–H groups in total. The Morgan fingerprint density at radius 3 is 2.79 bits per heavy atom. The fraction of sp³-hybridized carbons (Fsp3) is 0.438. The average Bonchev–Trinajstić information content (AvgIpc) is 3.71. The number of fused-ring (bicyclic) bond motifs is 1. The third-order valence-corrected chi connectivity index (χ3v) is 8.52. The van der Waals surface area contributed by atoms with Crippen molar-refractivity contribution in [1.82, 2.24) is 25.5 Å². The summed E-state index contributed by atoms with van der Waals surface area (Å²) in [7, 11) is 0. The molecule has 3 amide bonds. The summed E-state index contributed by atoms with van der Waals surface area (Å²) in [6.07, 6.45) is 3.92. The number of hydrogen-bond acceptors (Lipinski definition) is 7. The van der Waals surface area contributed by atoms with Gasteiger partial charge in [-0.05, 0) is 68.6 Å². The van der Waals surface area contributed by atoms with Crippen molar-refractivity contribution >= 4 is 23.3 Å². The van der Waals surface area contributed by atoms with E-state index >= 15 is 0 Å². The number of nitrogens with one attached hydrogen (secondary N) is 2. The Labute approximate surface area is 251 Å². The molecule has 0 unspecified atom stereocenters. The summed E-state index contributed by atoms with van der Waals surface area (Å²) >= 11 is 0. The number of piperazine rings is 1. The van der Waals surface area contributed by atoms with E-state index in [0.717, 1.165) is 37.2 Å². The first kappa shape index (κ1) is 28.9. The lowest BCUT2D eigenvalue weighted by Gasteiger charge is -2.43. The van der Waals surface area contributed by atoms with Gasteiger partial charge in [-0.2, -0.15) is 0 Å². The molecular weight excluding hydrogens is 549 g/mol. The zero-order valence-electron chi connectivity index (χ0n) is 24.7. The Morgan fingerprint density at radius 2 is 2.00 bits per heavy atom. The summed E-state index contributed by atoms with van der Waals surface area (Å²) in [6.45, 7) is 7.91. The SMILES string of the molecule is CCOc1ncccc1-c1ccc(N2CCN(C(=O)N3CCc4cccc(F)c43)C[C@H]2CC)c(C(=O)N[C@@H]2CCNC2)n1. The zero-order valence-corrected chi connectivity index (χ0v) is 24.7. The van der Waals surface area contributed by atoms with E-state index in [1.807, 2.05) is 42.2 Å². The number of amides is 3. The van der Waals surface area contributed by atoms with Gasteiger partial charge in [-0.3, -0.25) is 9.69 Å². The topological polar surface area (TPSA) is 103 Å². The van der Waals surface area contributed by atoms with Crippen LogP contribution in [0.3, 0.4) is 0 Å². The van der Waals surface area contributed by atoms with Crippen LogP contribution >= 0.6 is 0 Å². The Morgan fingerprint density at radius 1 is 1.12 bits per heavy atom.